The fraction of sp³-hybridized carbons (Fsp3) is 0.417. The first-order valence-corrected chi connectivity index (χ1v) is 10.2. The second-order valence-corrected chi connectivity index (χ2v) is 8.39. The maximum atomic E-state index is 13.2. The smallest absolute Gasteiger partial charge is 0.251 e. The minimum absolute atomic E-state index is 0.0248. The minimum atomic E-state index is -0.276. The van der Waals surface area contributed by atoms with Gasteiger partial charge in [-0.1, -0.05) is 50.2 Å². The predicted molar refractivity (Wildman–Crippen MR) is 109 cm³/mol. The van der Waals surface area contributed by atoms with Crippen LogP contribution in [0.15, 0.2) is 48.5 Å². The van der Waals surface area contributed by atoms with Gasteiger partial charge in [0, 0.05) is 17.0 Å². The van der Waals surface area contributed by atoms with E-state index in [0.717, 1.165) is 12.8 Å². The first-order valence-electron chi connectivity index (χ1n) is 10.2. The lowest BCUT2D eigenvalue weighted by molar-refractivity contribution is 0.0890. The highest BCUT2D eigenvalue weighted by Crippen LogP contribution is 2.57. The summed E-state index contributed by atoms with van der Waals surface area (Å²) >= 11 is 0. The van der Waals surface area contributed by atoms with Crippen molar-refractivity contribution in [2.75, 3.05) is 6.61 Å². The summed E-state index contributed by atoms with van der Waals surface area (Å²) in [5, 5.41) is 12.2. The number of aliphatic hydroxyl groups excluding tert-OH is 1. The molecule has 2 aromatic rings. The zero-order valence-corrected chi connectivity index (χ0v) is 16.4. The van der Waals surface area contributed by atoms with Gasteiger partial charge in [0.25, 0.3) is 5.91 Å². The van der Waals surface area contributed by atoms with E-state index >= 15 is 0 Å². The first kappa shape index (κ1) is 18.9. The third-order valence-electron chi connectivity index (χ3n) is 6.50. The Bertz CT molecular complexity index is 856. The van der Waals surface area contributed by atoms with Crippen LogP contribution in [0, 0.1) is 11.8 Å². The van der Waals surface area contributed by atoms with Crippen LogP contribution < -0.4 is 5.32 Å². The van der Waals surface area contributed by atoms with E-state index in [-0.39, 0.29) is 36.2 Å². The molecule has 0 aromatic heterocycles. The molecule has 28 heavy (non-hydrogen) atoms. The molecule has 4 nitrogen and oxygen atoms in total. The molecule has 146 valence electrons. The van der Waals surface area contributed by atoms with Crippen molar-refractivity contribution in [3.63, 3.8) is 0 Å². The second kappa shape index (κ2) is 7.51. The lowest BCUT2D eigenvalue weighted by atomic mass is 9.87. The number of benzene rings is 2. The Kier molecular flexibility index (Phi) is 5.07. The standard InChI is InChI=1S/C24H27NO3/c1-14(2)21(13-26)25-24(28)16-9-7-15(8-10-16)23(27)22-19-11-12-20(22)18-6-4-3-5-17(18)19/h3-10,14,19-22,26H,11-13H2,1-2H3,(H,25,28)/t19-,20+,21-,22?/m1/s1. The zero-order chi connectivity index (χ0) is 19.8. The SMILES string of the molecule is CC(C)[C@@H](CO)NC(=O)c1ccc(C(=O)C2[C@@H]3CC[C@H]2c2ccccc23)cc1. The lowest BCUT2D eigenvalue weighted by Gasteiger charge is -2.20. The van der Waals surface area contributed by atoms with Crippen molar-refractivity contribution < 1.29 is 14.7 Å². The summed E-state index contributed by atoms with van der Waals surface area (Å²) in [6, 6.07) is 15.1. The van der Waals surface area contributed by atoms with E-state index < -0.39 is 0 Å². The summed E-state index contributed by atoms with van der Waals surface area (Å²) in [7, 11) is 0. The Morgan fingerprint density at radius 2 is 1.50 bits per heavy atom. The highest BCUT2D eigenvalue weighted by Gasteiger charge is 2.49. The highest BCUT2D eigenvalue weighted by molar-refractivity contribution is 6.01. The van der Waals surface area contributed by atoms with Crippen molar-refractivity contribution in [1.29, 1.82) is 0 Å². The number of hydrogen-bond acceptors (Lipinski definition) is 3. The normalized spacial score (nSPS) is 23.5. The van der Waals surface area contributed by atoms with E-state index in [1.807, 2.05) is 13.8 Å². The van der Waals surface area contributed by atoms with Crippen molar-refractivity contribution in [3.05, 3.63) is 70.8 Å². The molecule has 0 aliphatic heterocycles. The molecular formula is C24H27NO3. The summed E-state index contributed by atoms with van der Waals surface area (Å²) in [4.78, 5) is 25.6. The van der Waals surface area contributed by atoms with Crippen molar-refractivity contribution in [2.45, 2.75) is 44.6 Å². The molecular weight excluding hydrogens is 350 g/mol. The van der Waals surface area contributed by atoms with Gasteiger partial charge in [-0.15, -0.1) is 0 Å². The van der Waals surface area contributed by atoms with Crippen LogP contribution in [0.1, 0.15) is 70.4 Å². The van der Waals surface area contributed by atoms with E-state index in [1.165, 1.54) is 11.1 Å². The molecule has 0 spiro atoms. The van der Waals surface area contributed by atoms with Gasteiger partial charge >= 0.3 is 0 Å². The number of fused-ring (bicyclic) bond motifs is 5. The number of carbonyl (C=O) groups is 2. The van der Waals surface area contributed by atoms with Crippen LogP contribution >= 0.6 is 0 Å². The van der Waals surface area contributed by atoms with Crippen molar-refractivity contribution in [2.24, 2.45) is 11.8 Å². The maximum absolute atomic E-state index is 13.2. The van der Waals surface area contributed by atoms with Gasteiger partial charge < -0.3 is 10.4 Å². The van der Waals surface area contributed by atoms with Gasteiger partial charge in [0.15, 0.2) is 5.78 Å². The molecule has 1 amide bonds. The Balaban J connectivity index is 1.49. The van der Waals surface area contributed by atoms with Crippen LogP contribution in [0.5, 0.6) is 0 Å². The molecule has 0 saturated heterocycles. The topological polar surface area (TPSA) is 66.4 Å². The van der Waals surface area contributed by atoms with Gasteiger partial charge in [-0.05, 0) is 53.9 Å². The number of rotatable bonds is 6. The molecule has 4 heteroatoms. The average molecular weight is 377 g/mol. The van der Waals surface area contributed by atoms with E-state index in [2.05, 4.69) is 29.6 Å². The lowest BCUT2D eigenvalue weighted by Crippen LogP contribution is -2.41. The molecule has 4 rings (SSSR count). The predicted octanol–water partition coefficient (Wildman–Crippen LogP) is 3.91. The molecule has 2 aromatic carbocycles. The van der Waals surface area contributed by atoms with Crippen molar-refractivity contribution >= 4 is 11.7 Å². The number of aliphatic hydroxyl groups is 1. The van der Waals surface area contributed by atoms with E-state index in [9.17, 15) is 14.7 Å². The van der Waals surface area contributed by atoms with E-state index in [1.54, 1.807) is 24.3 Å². The van der Waals surface area contributed by atoms with E-state index in [4.69, 9.17) is 0 Å². The molecule has 2 bridgehead atoms. The van der Waals surface area contributed by atoms with Crippen LogP contribution in [-0.2, 0) is 0 Å². The second-order valence-electron chi connectivity index (χ2n) is 8.39. The van der Waals surface area contributed by atoms with Gasteiger partial charge in [0.1, 0.15) is 0 Å². The minimum Gasteiger partial charge on any atom is -0.394 e. The van der Waals surface area contributed by atoms with Crippen molar-refractivity contribution in [3.8, 4) is 0 Å². The Labute approximate surface area is 166 Å². The number of hydrogen-bond donors (Lipinski definition) is 2. The van der Waals surface area contributed by atoms with Gasteiger partial charge in [-0.3, -0.25) is 9.59 Å². The van der Waals surface area contributed by atoms with Gasteiger partial charge in [-0.25, -0.2) is 0 Å². The van der Waals surface area contributed by atoms with Crippen LogP contribution in [0.4, 0.5) is 0 Å². The molecule has 0 heterocycles. The molecule has 0 radical (unpaired) electrons. The number of amides is 1. The van der Waals surface area contributed by atoms with Gasteiger partial charge in [0.05, 0.1) is 12.6 Å². The van der Waals surface area contributed by atoms with Gasteiger partial charge in [0.2, 0.25) is 0 Å². The van der Waals surface area contributed by atoms with Crippen LogP contribution in [-0.4, -0.2) is 29.4 Å². The molecule has 2 aliphatic carbocycles. The van der Waals surface area contributed by atoms with E-state index in [0.29, 0.717) is 23.0 Å². The number of carbonyl (C=O) groups excluding carboxylic acids is 2. The number of nitrogens with one attached hydrogen (secondary N) is 1. The fourth-order valence-electron chi connectivity index (χ4n) is 4.90. The zero-order valence-electron chi connectivity index (χ0n) is 16.4. The third-order valence-corrected chi connectivity index (χ3v) is 6.50. The molecule has 1 fully saturated rings. The Morgan fingerprint density at radius 3 is 2.00 bits per heavy atom. The Hall–Kier alpha value is -2.46. The van der Waals surface area contributed by atoms with Crippen LogP contribution in [0.3, 0.4) is 0 Å². The molecule has 2 N–H and O–H groups in total. The quantitative estimate of drug-likeness (QED) is 0.750. The summed E-state index contributed by atoms with van der Waals surface area (Å²) in [6.45, 7) is 3.82. The van der Waals surface area contributed by atoms with Crippen molar-refractivity contribution in [1.82, 2.24) is 5.32 Å². The summed E-state index contributed by atoms with van der Waals surface area (Å²) in [5.74, 6) is 0.790. The van der Waals surface area contributed by atoms with Crippen LogP contribution in [0.25, 0.3) is 0 Å². The molecule has 2 aliphatic rings. The summed E-state index contributed by atoms with van der Waals surface area (Å²) in [6.07, 6.45) is 2.16. The van der Waals surface area contributed by atoms with Crippen LogP contribution in [0.2, 0.25) is 0 Å². The number of Topliss-reactive ketones (excluding diaryl/α,β-unsaturated/α-hetero) is 1. The Morgan fingerprint density at radius 1 is 0.964 bits per heavy atom. The number of ketones is 1. The molecule has 1 saturated carbocycles. The third kappa shape index (κ3) is 3.16. The fourth-order valence-corrected chi connectivity index (χ4v) is 4.90. The largest absolute Gasteiger partial charge is 0.394 e. The highest BCUT2D eigenvalue weighted by atomic mass is 16.3. The monoisotopic (exact) mass is 377 g/mol. The summed E-state index contributed by atoms with van der Waals surface area (Å²) < 4.78 is 0. The van der Waals surface area contributed by atoms with Gasteiger partial charge in [-0.2, -0.15) is 0 Å². The first-order chi connectivity index (χ1) is 13.5. The molecule has 1 unspecified atom stereocenters. The maximum Gasteiger partial charge on any atom is 0.251 e. The molecule has 4 atom stereocenters. The summed E-state index contributed by atoms with van der Waals surface area (Å²) in [5.41, 5.74) is 3.87. The average Bonchev–Trinajstić information content (AvgIpc) is 3.28.